The fourth-order valence-electron chi connectivity index (χ4n) is 1.66. The molecule has 1 aromatic carbocycles. The Balaban J connectivity index is 2.39. The number of nitrogens with zero attached hydrogens (tertiary/aromatic N) is 4. The first-order valence-electron chi connectivity index (χ1n) is 5.45. The van der Waals surface area contributed by atoms with Crippen molar-refractivity contribution in [2.75, 3.05) is 19.5 Å². The molecular weight excluding hydrogens is 237 g/mol. The van der Waals surface area contributed by atoms with Crippen LogP contribution in [0.25, 0.3) is 11.4 Å². The summed E-state index contributed by atoms with van der Waals surface area (Å²) in [4.78, 5) is 0. The number of ether oxygens (including phenoxy) is 1. The molecule has 0 aliphatic rings. The molecule has 96 valence electrons. The van der Waals surface area contributed by atoms with Crippen molar-refractivity contribution in [3.63, 3.8) is 0 Å². The van der Waals surface area contributed by atoms with Gasteiger partial charge in [-0.15, -0.1) is 5.10 Å². The summed E-state index contributed by atoms with van der Waals surface area (Å²) < 4.78 is 20.1. The summed E-state index contributed by atoms with van der Waals surface area (Å²) in [5, 5.41) is 11.4. The quantitative estimate of drug-likeness (QED) is 0.828. The van der Waals surface area contributed by atoms with Crippen LogP contribution in [-0.4, -0.2) is 33.9 Å². The van der Waals surface area contributed by atoms with Gasteiger partial charge in [-0.05, 0) is 35.5 Å². The minimum atomic E-state index is -0.485. The summed E-state index contributed by atoms with van der Waals surface area (Å²) in [5.41, 5.74) is 6.11. The van der Waals surface area contributed by atoms with Gasteiger partial charge in [0, 0.05) is 12.7 Å². The van der Waals surface area contributed by atoms with Gasteiger partial charge in [0.2, 0.25) is 0 Å². The van der Waals surface area contributed by atoms with Crippen LogP contribution in [0.3, 0.4) is 0 Å². The van der Waals surface area contributed by atoms with Crippen LogP contribution in [0.1, 0.15) is 13.0 Å². The molecule has 7 heteroatoms. The van der Waals surface area contributed by atoms with Crippen molar-refractivity contribution in [1.82, 2.24) is 20.2 Å². The SMILES string of the molecule is COCC(C)n1nnnc1-c1ccc(N)c(F)c1. The Bertz CT molecular complexity index is 542. The minimum Gasteiger partial charge on any atom is -0.396 e. The Morgan fingerprint density at radius 3 is 2.94 bits per heavy atom. The fraction of sp³-hybridized carbons (Fsp3) is 0.364. The Morgan fingerprint density at radius 2 is 2.28 bits per heavy atom. The zero-order valence-corrected chi connectivity index (χ0v) is 10.2. The van der Waals surface area contributed by atoms with Crippen molar-refractivity contribution in [1.29, 1.82) is 0 Å². The number of aromatic nitrogens is 4. The number of methoxy groups -OCH3 is 1. The van der Waals surface area contributed by atoms with Crippen LogP contribution >= 0.6 is 0 Å². The van der Waals surface area contributed by atoms with Gasteiger partial charge in [0.1, 0.15) is 5.82 Å². The van der Waals surface area contributed by atoms with Crippen molar-refractivity contribution in [3.8, 4) is 11.4 Å². The predicted molar refractivity (Wildman–Crippen MR) is 64.2 cm³/mol. The summed E-state index contributed by atoms with van der Waals surface area (Å²) in [6, 6.07) is 4.45. The highest BCUT2D eigenvalue weighted by molar-refractivity contribution is 5.59. The number of nitrogen functional groups attached to an aromatic ring is 1. The third kappa shape index (κ3) is 2.30. The first kappa shape index (κ1) is 12.4. The molecule has 6 nitrogen and oxygen atoms in total. The van der Waals surface area contributed by atoms with E-state index in [1.807, 2.05) is 6.92 Å². The van der Waals surface area contributed by atoms with Crippen LogP contribution < -0.4 is 5.73 Å². The van der Waals surface area contributed by atoms with E-state index in [1.165, 1.54) is 12.1 Å². The molecule has 2 rings (SSSR count). The number of hydrogen-bond donors (Lipinski definition) is 1. The van der Waals surface area contributed by atoms with E-state index in [0.29, 0.717) is 18.0 Å². The molecule has 0 radical (unpaired) electrons. The van der Waals surface area contributed by atoms with E-state index in [4.69, 9.17) is 10.5 Å². The van der Waals surface area contributed by atoms with Crippen LogP contribution in [0, 0.1) is 5.82 Å². The van der Waals surface area contributed by atoms with Gasteiger partial charge in [-0.3, -0.25) is 0 Å². The lowest BCUT2D eigenvalue weighted by molar-refractivity contribution is 0.156. The Hall–Kier alpha value is -2.02. The highest BCUT2D eigenvalue weighted by Crippen LogP contribution is 2.22. The molecule has 18 heavy (non-hydrogen) atoms. The highest BCUT2D eigenvalue weighted by Gasteiger charge is 2.15. The smallest absolute Gasteiger partial charge is 0.182 e. The summed E-state index contributed by atoms with van der Waals surface area (Å²) in [6.07, 6.45) is 0. The first-order chi connectivity index (χ1) is 8.63. The molecular formula is C11H14FN5O. The largest absolute Gasteiger partial charge is 0.396 e. The second kappa shape index (κ2) is 5.09. The van der Waals surface area contributed by atoms with Gasteiger partial charge < -0.3 is 10.5 Å². The molecule has 0 saturated heterocycles. The first-order valence-corrected chi connectivity index (χ1v) is 5.45. The molecule has 1 atom stereocenters. The molecule has 0 saturated carbocycles. The lowest BCUT2D eigenvalue weighted by Gasteiger charge is -2.12. The minimum absolute atomic E-state index is 0.0411. The maximum atomic E-state index is 13.4. The number of tetrazole rings is 1. The van der Waals surface area contributed by atoms with Gasteiger partial charge in [0.05, 0.1) is 18.3 Å². The molecule has 1 unspecified atom stereocenters. The summed E-state index contributed by atoms with van der Waals surface area (Å²) >= 11 is 0. The topological polar surface area (TPSA) is 78.8 Å². The Labute approximate surface area is 104 Å². The predicted octanol–water partition coefficient (Wildman–Crippen LogP) is 1.27. The number of nitrogens with two attached hydrogens (primary N) is 1. The van der Waals surface area contributed by atoms with Crippen LogP contribution in [0.4, 0.5) is 10.1 Å². The maximum absolute atomic E-state index is 13.4. The molecule has 1 heterocycles. The van der Waals surface area contributed by atoms with Crippen LogP contribution in [0.5, 0.6) is 0 Å². The standard InChI is InChI=1S/C11H14FN5O/c1-7(6-18-2)17-11(14-15-16-17)8-3-4-10(13)9(12)5-8/h3-5,7H,6,13H2,1-2H3. The van der Waals surface area contributed by atoms with Crippen LogP contribution in [0.2, 0.25) is 0 Å². The van der Waals surface area contributed by atoms with E-state index in [0.717, 1.165) is 0 Å². The van der Waals surface area contributed by atoms with E-state index in [2.05, 4.69) is 15.5 Å². The third-order valence-electron chi connectivity index (χ3n) is 2.58. The van der Waals surface area contributed by atoms with Gasteiger partial charge in [0.25, 0.3) is 0 Å². The summed E-state index contributed by atoms with van der Waals surface area (Å²) in [6.45, 7) is 2.38. The van der Waals surface area contributed by atoms with E-state index >= 15 is 0 Å². The van der Waals surface area contributed by atoms with Crippen molar-refractivity contribution < 1.29 is 9.13 Å². The van der Waals surface area contributed by atoms with Crippen LogP contribution in [-0.2, 0) is 4.74 Å². The molecule has 0 amide bonds. The van der Waals surface area contributed by atoms with E-state index < -0.39 is 5.82 Å². The molecule has 2 aromatic rings. The number of anilines is 1. The lowest BCUT2D eigenvalue weighted by atomic mass is 10.2. The van der Waals surface area contributed by atoms with Gasteiger partial charge >= 0.3 is 0 Å². The second-order valence-corrected chi connectivity index (χ2v) is 3.99. The number of rotatable bonds is 4. The van der Waals surface area contributed by atoms with Crippen molar-refractivity contribution in [3.05, 3.63) is 24.0 Å². The van der Waals surface area contributed by atoms with Gasteiger partial charge in [0.15, 0.2) is 5.82 Å². The van der Waals surface area contributed by atoms with Crippen molar-refractivity contribution >= 4 is 5.69 Å². The molecule has 0 aliphatic heterocycles. The van der Waals surface area contributed by atoms with E-state index in [9.17, 15) is 4.39 Å². The maximum Gasteiger partial charge on any atom is 0.182 e. The highest BCUT2D eigenvalue weighted by atomic mass is 19.1. The summed E-state index contributed by atoms with van der Waals surface area (Å²) in [5.74, 6) is -0.0000976. The lowest BCUT2D eigenvalue weighted by Crippen LogP contribution is -2.14. The Kier molecular flexibility index (Phi) is 3.52. The molecule has 0 fully saturated rings. The number of hydrogen-bond acceptors (Lipinski definition) is 5. The summed E-state index contributed by atoms with van der Waals surface area (Å²) in [7, 11) is 1.60. The second-order valence-electron chi connectivity index (χ2n) is 3.99. The van der Waals surface area contributed by atoms with E-state index in [-0.39, 0.29) is 11.7 Å². The fourth-order valence-corrected chi connectivity index (χ4v) is 1.66. The third-order valence-corrected chi connectivity index (χ3v) is 2.58. The molecule has 0 aliphatic carbocycles. The molecule has 2 N–H and O–H groups in total. The molecule has 0 spiro atoms. The van der Waals surface area contributed by atoms with E-state index in [1.54, 1.807) is 17.9 Å². The normalized spacial score (nSPS) is 12.6. The van der Waals surface area contributed by atoms with Gasteiger partial charge in [-0.2, -0.15) is 0 Å². The number of halogens is 1. The zero-order chi connectivity index (χ0) is 13.1. The Morgan fingerprint density at radius 1 is 1.50 bits per heavy atom. The van der Waals surface area contributed by atoms with Crippen molar-refractivity contribution in [2.45, 2.75) is 13.0 Å². The molecule has 0 bridgehead atoms. The zero-order valence-electron chi connectivity index (χ0n) is 10.2. The van der Waals surface area contributed by atoms with Crippen LogP contribution in [0.15, 0.2) is 18.2 Å². The average Bonchev–Trinajstić information content (AvgIpc) is 2.82. The molecule has 1 aromatic heterocycles. The van der Waals surface area contributed by atoms with Gasteiger partial charge in [-0.1, -0.05) is 0 Å². The van der Waals surface area contributed by atoms with Gasteiger partial charge in [-0.25, -0.2) is 9.07 Å². The average molecular weight is 251 g/mol. The monoisotopic (exact) mass is 251 g/mol. The van der Waals surface area contributed by atoms with Crippen molar-refractivity contribution in [2.24, 2.45) is 0 Å². The number of benzene rings is 1.